The third-order valence-corrected chi connectivity index (χ3v) is 3.78. The number of nitrogens with zero attached hydrogens (tertiary/aromatic N) is 1. The summed E-state index contributed by atoms with van der Waals surface area (Å²) in [5.41, 5.74) is 2.47. The van der Waals surface area contributed by atoms with Crippen molar-refractivity contribution in [2.24, 2.45) is 0 Å². The molecule has 0 saturated carbocycles. The summed E-state index contributed by atoms with van der Waals surface area (Å²) in [7, 11) is 0. The van der Waals surface area contributed by atoms with Crippen molar-refractivity contribution in [3.63, 3.8) is 0 Å². The van der Waals surface area contributed by atoms with E-state index in [0.717, 1.165) is 36.8 Å². The molecule has 0 radical (unpaired) electrons. The second-order valence-electron chi connectivity index (χ2n) is 4.47. The van der Waals surface area contributed by atoms with E-state index in [1.807, 2.05) is 6.92 Å². The molecular formula is C13H19ClN2. The third kappa shape index (κ3) is 2.57. The van der Waals surface area contributed by atoms with Crippen LogP contribution in [0.4, 0.5) is 0 Å². The highest BCUT2D eigenvalue weighted by molar-refractivity contribution is 6.31. The zero-order chi connectivity index (χ0) is 11.5. The maximum Gasteiger partial charge on any atom is 0.0438 e. The zero-order valence-electron chi connectivity index (χ0n) is 9.96. The van der Waals surface area contributed by atoms with Gasteiger partial charge in [0.25, 0.3) is 0 Å². The molecule has 1 aliphatic heterocycles. The van der Waals surface area contributed by atoms with Crippen molar-refractivity contribution < 1.29 is 0 Å². The zero-order valence-corrected chi connectivity index (χ0v) is 10.7. The number of aryl methyl sites for hydroxylation is 1. The van der Waals surface area contributed by atoms with E-state index in [0.29, 0.717) is 6.04 Å². The average Bonchev–Trinajstić information content (AvgIpc) is 2.33. The van der Waals surface area contributed by atoms with Crippen LogP contribution in [0.1, 0.15) is 24.1 Å². The van der Waals surface area contributed by atoms with Gasteiger partial charge >= 0.3 is 0 Å². The first-order valence-electron chi connectivity index (χ1n) is 5.89. The number of nitrogens with one attached hydrogen (secondary N) is 1. The maximum atomic E-state index is 6.17. The van der Waals surface area contributed by atoms with E-state index in [1.165, 1.54) is 5.56 Å². The summed E-state index contributed by atoms with van der Waals surface area (Å²) >= 11 is 6.17. The molecule has 1 saturated heterocycles. The predicted molar refractivity (Wildman–Crippen MR) is 69.0 cm³/mol. The fourth-order valence-corrected chi connectivity index (χ4v) is 2.34. The first-order chi connectivity index (χ1) is 7.68. The van der Waals surface area contributed by atoms with Gasteiger partial charge < -0.3 is 5.32 Å². The molecule has 1 N–H and O–H groups in total. The fourth-order valence-electron chi connectivity index (χ4n) is 2.15. The Morgan fingerprint density at radius 2 is 2.00 bits per heavy atom. The number of rotatable bonds is 2. The van der Waals surface area contributed by atoms with E-state index in [1.54, 1.807) is 0 Å². The first kappa shape index (κ1) is 11.9. The first-order valence-corrected chi connectivity index (χ1v) is 6.27. The molecule has 0 bridgehead atoms. The highest BCUT2D eigenvalue weighted by atomic mass is 35.5. The van der Waals surface area contributed by atoms with Crippen LogP contribution in [0.15, 0.2) is 18.2 Å². The Kier molecular flexibility index (Phi) is 3.85. The van der Waals surface area contributed by atoms with Gasteiger partial charge in [-0.2, -0.15) is 0 Å². The third-order valence-electron chi connectivity index (χ3n) is 3.38. The highest BCUT2D eigenvalue weighted by Gasteiger charge is 2.18. The van der Waals surface area contributed by atoms with Crippen LogP contribution < -0.4 is 5.32 Å². The monoisotopic (exact) mass is 238 g/mol. The lowest BCUT2D eigenvalue weighted by Gasteiger charge is -2.33. The topological polar surface area (TPSA) is 15.3 Å². The van der Waals surface area contributed by atoms with Crippen LogP contribution in [-0.4, -0.2) is 31.1 Å². The average molecular weight is 239 g/mol. The van der Waals surface area contributed by atoms with Gasteiger partial charge in [-0.05, 0) is 31.0 Å². The normalized spacial score (nSPS) is 19.7. The van der Waals surface area contributed by atoms with Crippen molar-refractivity contribution in [2.45, 2.75) is 19.9 Å². The molecule has 2 nitrogen and oxygen atoms in total. The number of hydrogen-bond donors (Lipinski definition) is 1. The summed E-state index contributed by atoms with van der Waals surface area (Å²) in [6, 6.07) is 6.86. The van der Waals surface area contributed by atoms with Gasteiger partial charge in [0, 0.05) is 37.2 Å². The van der Waals surface area contributed by atoms with Crippen molar-refractivity contribution in [1.29, 1.82) is 0 Å². The molecule has 16 heavy (non-hydrogen) atoms. The molecule has 1 atom stereocenters. The second-order valence-corrected chi connectivity index (χ2v) is 4.88. The lowest BCUT2D eigenvalue weighted by Crippen LogP contribution is -2.44. The van der Waals surface area contributed by atoms with Crippen molar-refractivity contribution in [2.75, 3.05) is 26.2 Å². The van der Waals surface area contributed by atoms with Gasteiger partial charge in [0.05, 0.1) is 0 Å². The fraction of sp³-hybridized carbons (Fsp3) is 0.538. The van der Waals surface area contributed by atoms with Crippen molar-refractivity contribution in [3.8, 4) is 0 Å². The molecule has 2 rings (SSSR count). The molecule has 1 aliphatic rings. The molecule has 0 amide bonds. The quantitative estimate of drug-likeness (QED) is 0.852. The van der Waals surface area contributed by atoms with E-state index in [4.69, 9.17) is 11.6 Å². The summed E-state index contributed by atoms with van der Waals surface area (Å²) in [5, 5.41) is 4.25. The Morgan fingerprint density at radius 1 is 1.31 bits per heavy atom. The number of benzene rings is 1. The lowest BCUT2D eigenvalue weighted by molar-refractivity contribution is 0.185. The predicted octanol–water partition coefficient (Wildman–Crippen LogP) is 2.61. The van der Waals surface area contributed by atoms with Crippen LogP contribution in [-0.2, 0) is 0 Å². The number of halogens is 1. The molecule has 1 fully saturated rings. The van der Waals surface area contributed by atoms with Crippen LogP contribution in [0.25, 0.3) is 0 Å². The standard InChI is InChI=1S/C13H19ClN2/c1-10-3-4-12(9-13(10)14)11(2)16-7-5-15-6-8-16/h3-4,9,11,15H,5-8H2,1-2H3/t11-/m0/s1. The molecule has 0 aliphatic carbocycles. The van der Waals surface area contributed by atoms with E-state index in [9.17, 15) is 0 Å². The van der Waals surface area contributed by atoms with Gasteiger partial charge in [-0.1, -0.05) is 23.7 Å². The summed E-state index contributed by atoms with van der Waals surface area (Å²) in [6.07, 6.45) is 0. The van der Waals surface area contributed by atoms with Crippen LogP contribution in [0.2, 0.25) is 5.02 Å². The molecule has 1 aromatic carbocycles. The minimum absolute atomic E-state index is 0.459. The van der Waals surface area contributed by atoms with Crippen LogP contribution in [0.3, 0.4) is 0 Å². The lowest BCUT2D eigenvalue weighted by atomic mass is 10.0. The van der Waals surface area contributed by atoms with Crippen LogP contribution >= 0.6 is 11.6 Å². The Labute approximate surface area is 103 Å². The molecule has 1 heterocycles. The Balaban J connectivity index is 2.12. The van der Waals surface area contributed by atoms with E-state index < -0.39 is 0 Å². The molecule has 1 aromatic rings. The number of hydrogen-bond acceptors (Lipinski definition) is 2. The van der Waals surface area contributed by atoms with Crippen molar-refractivity contribution in [3.05, 3.63) is 34.3 Å². The van der Waals surface area contributed by atoms with E-state index in [2.05, 4.69) is 35.3 Å². The molecule has 3 heteroatoms. The molecule has 88 valence electrons. The van der Waals surface area contributed by atoms with E-state index in [-0.39, 0.29) is 0 Å². The number of piperazine rings is 1. The van der Waals surface area contributed by atoms with Crippen LogP contribution in [0, 0.1) is 6.92 Å². The maximum absolute atomic E-state index is 6.17. The van der Waals surface area contributed by atoms with Gasteiger partial charge in [0.2, 0.25) is 0 Å². The molecule has 0 spiro atoms. The second kappa shape index (κ2) is 5.17. The van der Waals surface area contributed by atoms with Crippen LogP contribution in [0.5, 0.6) is 0 Å². The molecule has 0 aromatic heterocycles. The Bertz CT molecular complexity index is 359. The minimum atomic E-state index is 0.459. The van der Waals surface area contributed by atoms with Gasteiger partial charge in [0.15, 0.2) is 0 Å². The van der Waals surface area contributed by atoms with Gasteiger partial charge in [-0.3, -0.25) is 4.90 Å². The SMILES string of the molecule is Cc1ccc([C@H](C)N2CCNCC2)cc1Cl. The summed E-state index contributed by atoms with van der Waals surface area (Å²) in [5.74, 6) is 0. The van der Waals surface area contributed by atoms with E-state index >= 15 is 0 Å². The van der Waals surface area contributed by atoms with Gasteiger partial charge in [0.1, 0.15) is 0 Å². The minimum Gasteiger partial charge on any atom is -0.314 e. The van der Waals surface area contributed by atoms with Crippen molar-refractivity contribution >= 4 is 11.6 Å². The largest absolute Gasteiger partial charge is 0.314 e. The molecule has 0 unspecified atom stereocenters. The van der Waals surface area contributed by atoms with Gasteiger partial charge in [-0.25, -0.2) is 0 Å². The highest BCUT2D eigenvalue weighted by Crippen LogP contribution is 2.25. The molecular weight excluding hydrogens is 220 g/mol. The van der Waals surface area contributed by atoms with Gasteiger partial charge in [-0.15, -0.1) is 0 Å². The Morgan fingerprint density at radius 3 is 2.62 bits per heavy atom. The smallest absolute Gasteiger partial charge is 0.0438 e. The summed E-state index contributed by atoms with van der Waals surface area (Å²) in [4.78, 5) is 2.50. The summed E-state index contributed by atoms with van der Waals surface area (Å²) < 4.78 is 0. The Hall–Kier alpha value is -0.570. The van der Waals surface area contributed by atoms with Crippen molar-refractivity contribution in [1.82, 2.24) is 10.2 Å². The summed E-state index contributed by atoms with van der Waals surface area (Å²) in [6.45, 7) is 8.71.